The summed E-state index contributed by atoms with van der Waals surface area (Å²) in [7, 11) is 1.72. The Kier molecular flexibility index (Phi) is 5.49. The van der Waals surface area contributed by atoms with Crippen molar-refractivity contribution >= 4 is 0 Å². The lowest BCUT2D eigenvalue weighted by atomic mass is 10.2. The molecule has 1 fully saturated rings. The lowest BCUT2D eigenvalue weighted by Gasteiger charge is -2.07. The smallest absolute Gasteiger partial charge is 0.119 e. The van der Waals surface area contributed by atoms with Crippen molar-refractivity contribution in [3.63, 3.8) is 0 Å². The van der Waals surface area contributed by atoms with E-state index in [1.165, 1.54) is 24.8 Å². The summed E-state index contributed by atoms with van der Waals surface area (Å²) < 4.78 is 10.7. The normalized spacial score (nSPS) is 14.7. The molecule has 1 aromatic rings. The molecule has 0 spiro atoms. The third-order valence-electron chi connectivity index (χ3n) is 3.23. The molecule has 100 valence electrons. The van der Waals surface area contributed by atoms with E-state index in [0.717, 1.165) is 38.0 Å². The minimum absolute atomic E-state index is 0.752. The molecule has 0 amide bonds. The average Bonchev–Trinajstić information content (AvgIpc) is 3.21. The second-order valence-electron chi connectivity index (χ2n) is 4.89. The van der Waals surface area contributed by atoms with E-state index in [2.05, 4.69) is 29.6 Å². The van der Waals surface area contributed by atoms with Gasteiger partial charge in [0.1, 0.15) is 5.75 Å². The topological polar surface area (TPSA) is 30.5 Å². The van der Waals surface area contributed by atoms with Gasteiger partial charge in [0.25, 0.3) is 0 Å². The number of rotatable bonds is 9. The van der Waals surface area contributed by atoms with Crippen molar-refractivity contribution in [2.75, 3.05) is 26.9 Å². The molecular formula is C15H23NO2. The van der Waals surface area contributed by atoms with Gasteiger partial charge in [-0.1, -0.05) is 25.0 Å². The van der Waals surface area contributed by atoms with Crippen LogP contribution in [0.1, 0.15) is 24.8 Å². The van der Waals surface area contributed by atoms with Crippen molar-refractivity contribution in [3.05, 3.63) is 29.8 Å². The number of ether oxygens (including phenoxy) is 2. The molecule has 0 radical (unpaired) electrons. The molecule has 1 aromatic carbocycles. The van der Waals surface area contributed by atoms with Crippen LogP contribution in [0.3, 0.4) is 0 Å². The van der Waals surface area contributed by atoms with Crippen LogP contribution in [0.25, 0.3) is 0 Å². The summed E-state index contributed by atoms with van der Waals surface area (Å²) in [6, 6.07) is 8.35. The van der Waals surface area contributed by atoms with E-state index in [9.17, 15) is 0 Å². The first-order valence-electron chi connectivity index (χ1n) is 6.80. The highest BCUT2D eigenvalue weighted by Gasteiger charge is 2.20. The van der Waals surface area contributed by atoms with Gasteiger partial charge in [0.15, 0.2) is 0 Å². The van der Waals surface area contributed by atoms with Gasteiger partial charge >= 0.3 is 0 Å². The summed E-state index contributed by atoms with van der Waals surface area (Å²) >= 11 is 0. The molecule has 0 aromatic heterocycles. The Balaban J connectivity index is 1.64. The van der Waals surface area contributed by atoms with Gasteiger partial charge in [-0.05, 0) is 30.0 Å². The van der Waals surface area contributed by atoms with Crippen LogP contribution in [0.15, 0.2) is 24.3 Å². The molecule has 0 saturated heterocycles. The second-order valence-corrected chi connectivity index (χ2v) is 4.89. The van der Waals surface area contributed by atoms with Gasteiger partial charge < -0.3 is 14.8 Å². The van der Waals surface area contributed by atoms with Crippen LogP contribution < -0.4 is 10.1 Å². The van der Waals surface area contributed by atoms with Gasteiger partial charge in [-0.3, -0.25) is 0 Å². The van der Waals surface area contributed by atoms with Crippen LogP contribution in [-0.4, -0.2) is 26.9 Å². The molecule has 0 heterocycles. The molecule has 0 bridgehead atoms. The minimum Gasteiger partial charge on any atom is -0.494 e. The molecule has 18 heavy (non-hydrogen) atoms. The maximum Gasteiger partial charge on any atom is 0.119 e. The van der Waals surface area contributed by atoms with E-state index in [4.69, 9.17) is 9.47 Å². The Morgan fingerprint density at radius 3 is 2.61 bits per heavy atom. The molecular weight excluding hydrogens is 226 g/mol. The number of benzene rings is 1. The molecule has 1 aliphatic carbocycles. The van der Waals surface area contributed by atoms with E-state index >= 15 is 0 Å². The molecule has 3 nitrogen and oxygen atoms in total. The van der Waals surface area contributed by atoms with Crippen molar-refractivity contribution < 1.29 is 9.47 Å². The lowest BCUT2D eigenvalue weighted by Crippen LogP contribution is -2.18. The zero-order valence-electron chi connectivity index (χ0n) is 11.2. The van der Waals surface area contributed by atoms with E-state index in [1.807, 2.05) is 0 Å². The molecule has 0 unspecified atom stereocenters. The Morgan fingerprint density at radius 2 is 1.94 bits per heavy atom. The number of hydrogen-bond acceptors (Lipinski definition) is 3. The monoisotopic (exact) mass is 249 g/mol. The highest BCUT2D eigenvalue weighted by Crippen LogP contribution is 2.32. The summed E-state index contributed by atoms with van der Waals surface area (Å²) in [5, 5.41) is 3.32. The van der Waals surface area contributed by atoms with Gasteiger partial charge in [-0.15, -0.1) is 0 Å². The Morgan fingerprint density at radius 1 is 1.17 bits per heavy atom. The highest BCUT2D eigenvalue weighted by molar-refractivity contribution is 5.27. The Hall–Kier alpha value is -1.06. The fourth-order valence-corrected chi connectivity index (χ4v) is 1.86. The summed E-state index contributed by atoms with van der Waals surface area (Å²) in [4.78, 5) is 0. The minimum atomic E-state index is 0.752. The van der Waals surface area contributed by atoms with Crippen LogP contribution in [0.4, 0.5) is 0 Å². The number of hydrogen-bond donors (Lipinski definition) is 1. The first-order chi connectivity index (χ1) is 8.88. The van der Waals surface area contributed by atoms with Crippen molar-refractivity contribution in [2.45, 2.75) is 25.8 Å². The van der Waals surface area contributed by atoms with Crippen molar-refractivity contribution in [2.24, 2.45) is 5.92 Å². The van der Waals surface area contributed by atoms with Crippen LogP contribution >= 0.6 is 0 Å². The third-order valence-corrected chi connectivity index (χ3v) is 3.23. The standard InChI is InChI=1S/C15H23NO2/c1-17-11-9-16-12-14-4-6-15(7-5-14)18-10-8-13-2-3-13/h4-7,13,16H,2-3,8-12H2,1H3. The molecule has 3 heteroatoms. The highest BCUT2D eigenvalue weighted by atomic mass is 16.5. The molecule has 0 atom stereocenters. The molecule has 1 aliphatic rings. The summed E-state index contributed by atoms with van der Waals surface area (Å²) in [5.41, 5.74) is 1.28. The zero-order chi connectivity index (χ0) is 12.6. The maximum absolute atomic E-state index is 5.71. The van der Waals surface area contributed by atoms with Crippen molar-refractivity contribution in [3.8, 4) is 5.75 Å². The van der Waals surface area contributed by atoms with Gasteiger partial charge in [0, 0.05) is 20.2 Å². The van der Waals surface area contributed by atoms with Crippen LogP contribution in [0.2, 0.25) is 0 Å². The maximum atomic E-state index is 5.71. The summed E-state index contributed by atoms with van der Waals surface area (Å²) in [5.74, 6) is 1.92. The van der Waals surface area contributed by atoms with E-state index in [1.54, 1.807) is 7.11 Å². The van der Waals surface area contributed by atoms with Gasteiger partial charge in [-0.25, -0.2) is 0 Å². The van der Waals surface area contributed by atoms with Crippen LogP contribution in [0, 0.1) is 5.92 Å². The quantitative estimate of drug-likeness (QED) is 0.682. The van der Waals surface area contributed by atoms with Gasteiger partial charge in [0.2, 0.25) is 0 Å². The van der Waals surface area contributed by atoms with E-state index in [-0.39, 0.29) is 0 Å². The second kappa shape index (κ2) is 7.39. The zero-order valence-corrected chi connectivity index (χ0v) is 11.2. The fraction of sp³-hybridized carbons (Fsp3) is 0.600. The fourth-order valence-electron chi connectivity index (χ4n) is 1.86. The van der Waals surface area contributed by atoms with Crippen molar-refractivity contribution in [1.29, 1.82) is 0 Å². The molecule has 1 N–H and O–H groups in total. The van der Waals surface area contributed by atoms with Gasteiger partial charge in [0.05, 0.1) is 13.2 Å². The van der Waals surface area contributed by atoms with Crippen LogP contribution in [-0.2, 0) is 11.3 Å². The van der Waals surface area contributed by atoms with E-state index < -0.39 is 0 Å². The predicted octanol–water partition coefficient (Wildman–Crippen LogP) is 2.60. The summed E-state index contributed by atoms with van der Waals surface area (Å²) in [6.07, 6.45) is 4.01. The predicted molar refractivity (Wildman–Crippen MR) is 72.9 cm³/mol. The Labute approximate surface area is 109 Å². The largest absolute Gasteiger partial charge is 0.494 e. The first-order valence-corrected chi connectivity index (χ1v) is 6.80. The van der Waals surface area contributed by atoms with Gasteiger partial charge in [-0.2, -0.15) is 0 Å². The van der Waals surface area contributed by atoms with Crippen LogP contribution in [0.5, 0.6) is 5.75 Å². The lowest BCUT2D eigenvalue weighted by molar-refractivity contribution is 0.199. The molecule has 1 saturated carbocycles. The SMILES string of the molecule is COCCNCc1ccc(OCCC2CC2)cc1. The Bertz CT molecular complexity index is 333. The third kappa shape index (κ3) is 5.07. The number of methoxy groups -OCH3 is 1. The average molecular weight is 249 g/mol. The summed E-state index contributed by atoms with van der Waals surface area (Å²) in [6.45, 7) is 3.38. The van der Waals surface area contributed by atoms with E-state index in [0.29, 0.717) is 0 Å². The molecule has 0 aliphatic heterocycles. The van der Waals surface area contributed by atoms with Crippen molar-refractivity contribution in [1.82, 2.24) is 5.32 Å². The molecule has 2 rings (SSSR count). The number of nitrogens with one attached hydrogen (secondary N) is 1. The first kappa shape index (κ1) is 13.4.